The fourth-order valence-electron chi connectivity index (χ4n) is 3.59. The molecule has 3 rings (SSSR count). The van der Waals surface area contributed by atoms with E-state index in [4.69, 9.17) is 9.47 Å². The first kappa shape index (κ1) is 18.5. The molecule has 6 nitrogen and oxygen atoms in total. The summed E-state index contributed by atoms with van der Waals surface area (Å²) in [5.41, 5.74) is 2.13. The van der Waals surface area contributed by atoms with Gasteiger partial charge in [0.05, 0.1) is 31.0 Å². The molecule has 1 atom stereocenters. The monoisotopic (exact) mass is 358 g/mol. The lowest BCUT2D eigenvalue weighted by molar-refractivity contribution is 0.0526. The number of methoxy groups -OCH3 is 1. The van der Waals surface area contributed by atoms with E-state index in [1.54, 1.807) is 20.2 Å². The second-order valence-corrected chi connectivity index (χ2v) is 6.69. The predicted octanol–water partition coefficient (Wildman–Crippen LogP) is 3.02. The molecule has 6 heteroatoms. The molecule has 0 bridgehead atoms. The number of aliphatic hydroxyl groups is 1. The minimum atomic E-state index is -0.364. The molecule has 1 N–H and O–H groups in total. The largest absolute Gasteiger partial charge is 0.497 e. The highest BCUT2D eigenvalue weighted by atomic mass is 16.5. The van der Waals surface area contributed by atoms with E-state index in [2.05, 4.69) is 9.88 Å². The molecule has 0 aliphatic carbocycles. The van der Waals surface area contributed by atoms with E-state index >= 15 is 0 Å². The van der Waals surface area contributed by atoms with Crippen molar-refractivity contribution < 1.29 is 19.4 Å². The van der Waals surface area contributed by atoms with Gasteiger partial charge in [-0.2, -0.15) is 0 Å². The van der Waals surface area contributed by atoms with Crippen LogP contribution in [0.3, 0.4) is 0 Å². The van der Waals surface area contributed by atoms with Crippen molar-refractivity contribution in [1.29, 1.82) is 0 Å². The Hall–Kier alpha value is -2.34. The first-order valence-electron chi connectivity index (χ1n) is 9.12. The number of ether oxygens (including phenoxy) is 2. The molecule has 1 fully saturated rings. The molecule has 1 aliphatic rings. The Labute approximate surface area is 153 Å². The topological polar surface area (TPSA) is 71.9 Å². The smallest absolute Gasteiger partial charge is 0.341 e. The van der Waals surface area contributed by atoms with Crippen molar-refractivity contribution in [2.24, 2.45) is 5.92 Å². The van der Waals surface area contributed by atoms with Gasteiger partial charge < -0.3 is 19.5 Å². The summed E-state index contributed by atoms with van der Waals surface area (Å²) in [4.78, 5) is 19.2. The van der Waals surface area contributed by atoms with Gasteiger partial charge in [0.2, 0.25) is 0 Å². The van der Waals surface area contributed by atoms with Gasteiger partial charge in [0.25, 0.3) is 0 Å². The van der Waals surface area contributed by atoms with Crippen LogP contribution in [-0.4, -0.2) is 49.0 Å². The van der Waals surface area contributed by atoms with Crippen molar-refractivity contribution in [3.8, 4) is 5.75 Å². The van der Waals surface area contributed by atoms with E-state index < -0.39 is 0 Å². The van der Waals surface area contributed by atoms with Crippen LogP contribution in [0.4, 0.5) is 5.69 Å². The first-order valence-corrected chi connectivity index (χ1v) is 9.12. The molecule has 0 amide bonds. The van der Waals surface area contributed by atoms with E-state index in [9.17, 15) is 9.90 Å². The van der Waals surface area contributed by atoms with E-state index in [0.29, 0.717) is 18.1 Å². The zero-order valence-corrected chi connectivity index (χ0v) is 15.6. The zero-order valence-electron chi connectivity index (χ0n) is 15.6. The van der Waals surface area contributed by atoms with Crippen LogP contribution in [0.15, 0.2) is 24.4 Å². The lowest BCUT2D eigenvalue weighted by Gasteiger charge is -2.36. The molecule has 1 saturated heterocycles. The molecule has 1 aromatic heterocycles. The van der Waals surface area contributed by atoms with Crippen LogP contribution in [-0.2, 0) is 4.74 Å². The van der Waals surface area contributed by atoms with Crippen molar-refractivity contribution in [2.75, 3.05) is 31.7 Å². The van der Waals surface area contributed by atoms with Gasteiger partial charge in [-0.1, -0.05) is 0 Å². The number of esters is 1. The van der Waals surface area contributed by atoms with Crippen molar-refractivity contribution in [3.63, 3.8) is 0 Å². The minimum absolute atomic E-state index is 0.292. The Morgan fingerprint density at radius 1 is 1.38 bits per heavy atom. The number of benzene rings is 1. The summed E-state index contributed by atoms with van der Waals surface area (Å²) in [6, 6.07) is 5.68. The van der Waals surface area contributed by atoms with Crippen LogP contribution in [0.5, 0.6) is 5.75 Å². The summed E-state index contributed by atoms with van der Waals surface area (Å²) in [5, 5.41) is 10.7. The maximum atomic E-state index is 12.5. The zero-order chi connectivity index (χ0) is 18.7. The third kappa shape index (κ3) is 3.60. The summed E-state index contributed by atoms with van der Waals surface area (Å²) >= 11 is 0. The van der Waals surface area contributed by atoms with Gasteiger partial charge in [0, 0.05) is 24.7 Å². The molecule has 2 heterocycles. The van der Waals surface area contributed by atoms with Gasteiger partial charge in [-0.25, -0.2) is 4.79 Å². The van der Waals surface area contributed by atoms with Crippen molar-refractivity contribution in [3.05, 3.63) is 30.0 Å². The van der Waals surface area contributed by atoms with Gasteiger partial charge in [-0.05, 0) is 50.8 Å². The van der Waals surface area contributed by atoms with E-state index in [1.807, 2.05) is 25.1 Å². The lowest BCUT2D eigenvalue weighted by Crippen LogP contribution is -2.38. The number of fused-ring (bicyclic) bond motifs is 1. The third-order valence-electron chi connectivity index (χ3n) is 5.08. The van der Waals surface area contributed by atoms with Gasteiger partial charge in [-0.3, -0.25) is 4.98 Å². The van der Waals surface area contributed by atoms with Gasteiger partial charge in [0.1, 0.15) is 11.3 Å². The van der Waals surface area contributed by atoms with Gasteiger partial charge in [0.15, 0.2) is 0 Å². The number of rotatable bonds is 5. The van der Waals surface area contributed by atoms with Gasteiger partial charge in [-0.15, -0.1) is 0 Å². The number of hydrogen-bond donors (Lipinski definition) is 1. The molecule has 0 saturated carbocycles. The van der Waals surface area contributed by atoms with Crippen LogP contribution in [0.1, 0.15) is 37.0 Å². The summed E-state index contributed by atoms with van der Waals surface area (Å²) in [5.74, 6) is 0.651. The number of nitrogens with zero attached hydrogens (tertiary/aromatic N) is 2. The quantitative estimate of drug-likeness (QED) is 0.829. The number of carbonyl (C=O) groups excluding carboxylic acids is 1. The highest BCUT2D eigenvalue weighted by Crippen LogP contribution is 2.35. The molecular formula is C20H26N2O4. The summed E-state index contributed by atoms with van der Waals surface area (Å²) in [6.07, 6.45) is 3.06. The second kappa shape index (κ2) is 7.91. The van der Waals surface area contributed by atoms with Crippen molar-refractivity contribution in [1.82, 2.24) is 4.98 Å². The average Bonchev–Trinajstić information content (AvgIpc) is 2.66. The number of hydrogen-bond acceptors (Lipinski definition) is 6. The maximum Gasteiger partial charge on any atom is 0.341 e. The highest BCUT2D eigenvalue weighted by molar-refractivity contribution is 6.05. The predicted molar refractivity (Wildman–Crippen MR) is 101 cm³/mol. The second-order valence-electron chi connectivity index (χ2n) is 6.69. The van der Waals surface area contributed by atoms with E-state index in [1.165, 1.54) is 0 Å². The molecule has 1 aliphatic heterocycles. The minimum Gasteiger partial charge on any atom is -0.497 e. The average molecular weight is 358 g/mol. The summed E-state index contributed by atoms with van der Waals surface area (Å²) in [6.45, 7) is 5.51. The van der Waals surface area contributed by atoms with E-state index in [-0.39, 0.29) is 12.1 Å². The van der Waals surface area contributed by atoms with Crippen molar-refractivity contribution in [2.45, 2.75) is 32.8 Å². The number of piperidine rings is 1. The first-order chi connectivity index (χ1) is 12.5. The molecule has 140 valence electrons. The molecule has 0 spiro atoms. The molecule has 26 heavy (non-hydrogen) atoms. The highest BCUT2D eigenvalue weighted by Gasteiger charge is 2.27. The molecular weight excluding hydrogens is 332 g/mol. The van der Waals surface area contributed by atoms with Gasteiger partial charge >= 0.3 is 5.97 Å². The Bertz CT molecular complexity index is 783. The van der Waals surface area contributed by atoms with E-state index in [0.717, 1.165) is 48.3 Å². The fraction of sp³-hybridized carbons (Fsp3) is 0.500. The summed E-state index contributed by atoms with van der Waals surface area (Å²) in [7, 11) is 1.62. The third-order valence-corrected chi connectivity index (χ3v) is 5.08. The normalized spacial score (nSPS) is 16.5. The van der Waals surface area contributed by atoms with Crippen LogP contribution in [0.2, 0.25) is 0 Å². The Balaban J connectivity index is 2.07. The number of aromatic nitrogens is 1. The molecule has 1 aromatic carbocycles. The van der Waals surface area contributed by atoms with Crippen LogP contribution in [0, 0.1) is 5.92 Å². The summed E-state index contributed by atoms with van der Waals surface area (Å²) < 4.78 is 10.6. The maximum absolute atomic E-state index is 12.5. The molecule has 1 unspecified atom stereocenters. The standard InChI is InChI=1S/C20H26N2O4/c1-4-26-20(24)17-12-21-18-6-5-15(25-3)11-16(18)19(17)22-9-7-14(8-10-22)13(2)23/h5-6,11-14,23H,4,7-10H2,1-3H3. The number of aliphatic hydroxyl groups excluding tert-OH is 1. The van der Waals surface area contributed by atoms with Crippen LogP contribution >= 0.6 is 0 Å². The molecule has 0 radical (unpaired) electrons. The number of carbonyl (C=O) groups is 1. The Morgan fingerprint density at radius 2 is 2.12 bits per heavy atom. The number of pyridine rings is 1. The van der Waals surface area contributed by atoms with Crippen molar-refractivity contribution >= 4 is 22.6 Å². The Morgan fingerprint density at radius 3 is 2.73 bits per heavy atom. The number of anilines is 1. The fourth-order valence-corrected chi connectivity index (χ4v) is 3.59. The van der Waals surface area contributed by atoms with Crippen LogP contribution < -0.4 is 9.64 Å². The Kier molecular flexibility index (Phi) is 5.61. The lowest BCUT2D eigenvalue weighted by atomic mass is 9.91. The molecule has 2 aromatic rings. The van der Waals surface area contributed by atoms with Crippen LogP contribution in [0.25, 0.3) is 10.9 Å². The SMILES string of the molecule is CCOC(=O)c1cnc2ccc(OC)cc2c1N1CCC(C(C)O)CC1.